The molecular formula is C28H19IrN3S-2. The summed E-state index contributed by atoms with van der Waals surface area (Å²) in [6.45, 7) is -2.23. The van der Waals surface area contributed by atoms with Crippen LogP contribution in [0.1, 0.15) is 9.81 Å². The summed E-state index contributed by atoms with van der Waals surface area (Å²) in [5.41, 5.74) is 3.16. The van der Waals surface area contributed by atoms with E-state index in [1.54, 1.807) is 23.6 Å². The van der Waals surface area contributed by atoms with Crippen molar-refractivity contribution in [3.63, 3.8) is 0 Å². The standard InChI is InChI=1S/C17H11N2S.C11H8N.Ir/c1-11-5-4-7-14(19-11)15-9-13-12-6-2-3-8-16(12)20-17(13)10-18-15;1-2-6-10(7-3-1)11-8-4-5-9-12-11;/h2-6,8-10H,1H3;1-6,8-9H;/q2*-1;/i1D3;;. The van der Waals surface area contributed by atoms with Crippen molar-refractivity contribution in [2.45, 2.75) is 6.85 Å². The molecule has 3 nitrogen and oxygen atoms in total. The second-order valence-electron chi connectivity index (χ2n) is 6.98. The van der Waals surface area contributed by atoms with E-state index < -0.39 is 6.85 Å². The van der Waals surface area contributed by atoms with Crippen LogP contribution in [0.5, 0.6) is 0 Å². The molecule has 163 valence electrons. The van der Waals surface area contributed by atoms with Crippen molar-refractivity contribution in [1.29, 1.82) is 0 Å². The number of pyridine rings is 3. The Morgan fingerprint density at radius 2 is 1.67 bits per heavy atom. The molecule has 0 bridgehead atoms. The van der Waals surface area contributed by atoms with Gasteiger partial charge in [-0.25, -0.2) is 0 Å². The molecule has 0 aliphatic heterocycles. The molecule has 0 aliphatic rings. The molecule has 4 heterocycles. The van der Waals surface area contributed by atoms with Gasteiger partial charge >= 0.3 is 0 Å². The minimum atomic E-state index is -2.23. The fourth-order valence-electron chi connectivity index (χ4n) is 3.36. The van der Waals surface area contributed by atoms with Crippen LogP contribution >= 0.6 is 11.3 Å². The Morgan fingerprint density at radius 3 is 2.48 bits per heavy atom. The topological polar surface area (TPSA) is 38.7 Å². The summed E-state index contributed by atoms with van der Waals surface area (Å²) >= 11 is 1.69. The number of fused-ring (bicyclic) bond motifs is 3. The molecule has 6 rings (SSSR count). The molecule has 0 fully saturated rings. The Morgan fingerprint density at radius 1 is 0.788 bits per heavy atom. The Hall–Kier alpha value is -3.24. The van der Waals surface area contributed by atoms with Crippen LogP contribution in [0.3, 0.4) is 0 Å². The average molecular weight is 625 g/mol. The number of hydrogen-bond acceptors (Lipinski definition) is 4. The second kappa shape index (κ2) is 10.6. The number of benzene rings is 2. The molecule has 0 atom stereocenters. The fourth-order valence-corrected chi connectivity index (χ4v) is 4.41. The monoisotopic (exact) mass is 625 g/mol. The van der Waals surface area contributed by atoms with Crippen molar-refractivity contribution in [3.8, 4) is 22.6 Å². The largest absolute Gasteiger partial charge is 0.317 e. The van der Waals surface area contributed by atoms with E-state index in [2.05, 4.69) is 39.2 Å². The van der Waals surface area contributed by atoms with Gasteiger partial charge in [-0.3, -0.25) is 4.98 Å². The predicted molar refractivity (Wildman–Crippen MR) is 132 cm³/mol. The number of aryl methyl sites for hydroxylation is 1. The minimum Gasteiger partial charge on any atom is -0.317 e. The maximum absolute atomic E-state index is 7.48. The van der Waals surface area contributed by atoms with E-state index in [9.17, 15) is 0 Å². The van der Waals surface area contributed by atoms with Crippen molar-refractivity contribution in [1.82, 2.24) is 15.0 Å². The first-order valence-electron chi connectivity index (χ1n) is 11.5. The number of rotatable bonds is 2. The third-order valence-corrected chi connectivity index (χ3v) is 5.97. The van der Waals surface area contributed by atoms with E-state index in [4.69, 9.17) is 4.11 Å². The Kier molecular flexibility index (Phi) is 6.17. The maximum atomic E-state index is 7.48. The van der Waals surface area contributed by atoms with Crippen molar-refractivity contribution >= 4 is 31.5 Å². The van der Waals surface area contributed by atoms with Gasteiger partial charge in [0.2, 0.25) is 0 Å². The predicted octanol–water partition coefficient (Wildman–Crippen LogP) is 7.17. The van der Waals surface area contributed by atoms with Crippen LogP contribution < -0.4 is 0 Å². The van der Waals surface area contributed by atoms with Crippen LogP contribution in [0.15, 0.2) is 97.3 Å². The molecule has 0 N–H and O–H groups in total. The van der Waals surface area contributed by atoms with Gasteiger partial charge in [-0.15, -0.1) is 53.3 Å². The first-order chi connectivity index (χ1) is 17.0. The zero-order chi connectivity index (χ0) is 24.3. The molecule has 4 aromatic heterocycles. The van der Waals surface area contributed by atoms with Gasteiger partial charge in [0.05, 0.1) is 4.70 Å². The van der Waals surface area contributed by atoms with Crippen molar-refractivity contribution in [2.24, 2.45) is 0 Å². The summed E-state index contributed by atoms with van der Waals surface area (Å²) in [6, 6.07) is 33.0. The van der Waals surface area contributed by atoms with E-state index in [-0.39, 0.29) is 25.8 Å². The number of hydrogen-bond donors (Lipinski definition) is 0. The summed E-state index contributed by atoms with van der Waals surface area (Å²) in [7, 11) is 0. The van der Waals surface area contributed by atoms with Gasteiger partial charge < -0.3 is 9.97 Å². The van der Waals surface area contributed by atoms with Crippen LogP contribution in [0.25, 0.3) is 42.8 Å². The maximum Gasteiger partial charge on any atom is 0.0515 e. The minimum absolute atomic E-state index is 0. The third-order valence-electron chi connectivity index (χ3n) is 4.85. The van der Waals surface area contributed by atoms with Gasteiger partial charge in [-0.1, -0.05) is 36.4 Å². The van der Waals surface area contributed by atoms with Crippen LogP contribution in [0.4, 0.5) is 0 Å². The number of aromatic nitrogens is 3. The van der Waals surface area contributed by atoms with Crippen LogP contribution in [-0.2, 0) is 20.1 Å². The Labute approximate surface area is 214 Å². The van der Waals surface area contributed by atoms with Gasteiger partial charge in [0.25, 0.3) is 0 Å². The zero-order valence-electron chi connectivity index (χ0n) is 20.3. The summed E-state index contributed by atoms with van der Waals surface area (Å²) < 4.78 is 24.8. The molecule has 2 aromatic carbocycles. The molecule has 0 saturated heterocycles. The molecule has 33 heavy (non-hydrogen) atoms. The molecule has 6 aromatic rings. The molecule has 0 spiro atoms. The SMILES string of the molecule is [2H]C([2H])([2H])c1cc[c-]c(-c2cc3c(cn2)sc2ccccc23)n1.[Ir].[c-]1ccccc1-c1ccccn1. The first kappa shape index (κ1) is 19.2. The quantitative estimate of drug-likeness (QED) is 0.192. The summed E-state index contributed by atoms with van der Waals surface area (Å²) in [6.07, 6.45) is 3.60. The average Bonchev–Trinajstić information content (AvgIpc) is 3.28. The normalized spacial score (nSPS) is 12.1. The van der Waals surface area contributed by atoms with Gasteiger partial charge in [-0.2, -0.15) is 12.1 Å². The first-order valence-corrected chi connectivity index (χ1v) is 10.9. The molecular weight excluding hydrogens is 603 g/mol. The molecule has 0 saturated carbocycles. The molecule has 5 heteroatoms. The van der Waals surface area contributed by atoms with E-state index in [1.165, 1.54) is 16.2 Å². The second-order valence-corrected chi connectivity index (χ2v) is 8.06. The molecule has 0 aliphatic carbocycles. The smallest absolute Gasteiger partial charge is 0.0515 e. The van der Waals surface area contributed by atoms with Crippen molar-refractivity contribution < 1.29 is 24.2 Å². The van der Waals surface area contributed by atoms with Crippen molar-refractivity contribution in [3.05, 3.63) is 115 Å². The van der Waals surface area contributed by atoms with E-state index >= 15 is 0 Å². The summed E-state index contributed by atoms with van der Waals surface area (Å²) in [4.78, 5) is 12.9. The van der Waals surface area contributed by atoms with Gasteiger partial charge in [0.15, 0.2) is 0 Å². The third kappa shape index (κ3) is 5.23. The molecule has 0 unspecified atom stereocenters. The summed E-state index contributed by atoms with van der Waals surface area (Å²) in [5, 5.41) is 2.27. The van der Waals surface area contributed by atoms with E-state index in [1.807, 2.05) is 66.9 Å². The zero-order valence-corrected chi connectivity index (χ0v) is 20.5. The van der Waals surface area contributed by atoms with Crippen molar-refractivity contribution in [2.75, 3.05) is 0 Å². The van der Waals surface area contributed by atoms with Crippen LogP contribution in [0, 0.1) is 19.0 Å². The van der Waals surface area contributed by atoms with Gasteiger partial charge in [-0.05, 0) is 52.5 Å². The van der Waals surface area contributed by atoms with Gasteiger partial charge in [0.1, 0.15) is 0 Å². The Balaban J connectivity index is 0.000000198. The molecule has 1 radical (unpaired) electrons. The van der Waals surface area contributed by atoms with E-state index in [0.29, 0.717) is 11.4 Å². The summed E-state index contributed by atoms with van der Waals surface area (Å²) in [5.74, 6) is 0. The van der Waals surface area contributed by atoms with Crippen LogP contribution in [-0.4, -0.2) is 15.0 Å². The number of nitrogens with zero attached hydrogens (tertiary/aromatic N) is 3. The fraction of sp³-hybridized carbons (Fsp3) is 0.0357. The Bertz CT molecular complexity index is 1550. The number of thiophene rings is 1. The van der Waals surface area contributed by atoms with E-state index in [0.717, 1.165) is 21.3 Å². The van der Waals surface area contributed by atoms with Crippen LogP contribution in [0.2, 0.25) is 0 Å². The van der Waals surface area contributed by atoms with Gasteiger partial charge in [0, 0.05) is 41.3 Å². The molecule has 0 amide bonds.